The van der Waals surface area contributed by atoms with Crippen molar-refractivity contribution in [1.82, 2.24) is 15.1 Å². The summed E-state index contributed by atoms with van der Waals surface area (Å²) in [6, 6.07) is 0.514. The number of nitrogens with one attached hydrogen (secondary N) is 1. The summed E-state index contributed by atoms with van der Waals surface area (Å²) in [4.78, 5) is 0. The molecule has 5 heteroatoms. The van der Waals surface area contributed by atoms with Gasteiger partial charge in [0.15, 0.2) is 0 Å². The lowest BCUT2D eigenvalue weighted by Crippen LogP contribution is -2.35. The minimum absolute atomic E-state index is 0.514. The Morgan fingerprint density at radius 2 is 2.00 bits per heavy atom. The second kappa shape index (κ2) is 9.90. The van der Waals surface area contributed by atoms with E-state index in [1.54, 1.807) is 0 Å². The highest BCUT2D eigenvalue weighted by molar-refractivity contribution is 9.10. The van der Waals surface area contributed by atoms with Crippen molar-refractivity contribution in [3.05, 3.63) is 15.9 Å². The number of thioether (sulfide) groups is 1. The van der Waals surface area contributed by atoms with Crippen LogP contribution in [0.1, 0.15) is 52.4 Å². The molecule has 122 valence electrons. The number of rotatable bonds is 10. The van der Waals surface area contributed by atoms with Crippen LogP contribution in [-0.4, -0.2) is 33.4 Å². The Bertz CT molecular complexity index is 418. The molecule has 0 amide bonds. The Morgan fingerprint density at radius 1 is 1.29 bits per heavy atom. The van der Waals surface area contributed by atoms with Gasteiger partial charge in [-0.05, 0) is 47.5 Å². The highest BCUT2D eigenvalue weighted by Crippen LogP contribution is 2.24. The van der Waals surface area contributed by atoms with Crippen LogP contribution in [0, 0.1) is 0 Å². The Labute approximate surface area is 142 Å². The molecule has 21 heavy (non-hydrogen) atoms. The van der Waals surface area contributed by atoms with Crippen LogP contribution < -0.4 is 5.32 Å². The number of halogens is 1. The molecule has 0 aliphatic carbocycles. The molecule has 1 heterocycles. The molecule has 1 unspecified atom stereocenters. The first kappa shape index (κ1) is 19.0. The lowest BCUT2D eigenvalue weighted by molar-refractivity contribution is 0.518. The number of nitrogens with zero attached hydrogens (tertiary/aromatic N) is 2. The van der Waals surface area contributed by atoms with Crippen LogP contribution in [0.5, 0.6) is 0 Å². The lowest BCUT2D eigenvalue weighted by Gasteiger charge is -2.20. The molecular formula is C16H30BrN3S. The van der Waals surface area contributed by atoms with Crippen molar-refractivity contribution >= 4 is 27.7 Å². The Kier molecular flexibility index (Phi) is 8.98. The van der Waals surface area contributed by atoms with Crippen LogP contribution in [0.25, 0.3) is 0 Å². The summed E-state index contributed by atoms with van der Waals surface area (Å²) in [5, 5.41) is 9.09. The first-order valence-corrected chi connectivity index (χ1v) is 9.96. The zero-order valence-electron chi connectivity index (χ0n) is 14.1. The van der Waals surface area contributed by atoms with Crippen molar-refractivity contribution in [2.24, 2.45) is 0 Å². The fourth-order valence-electron chi connectivity index (χ4n) is 2.29. The van der Waals surface area contributed by atoms with E-state index in [0.29, 0.717) is 11.3 Å². The molecule has 0 aliphatic heterocycles. The third-order valence-electron chi connectivity index (χ3n) is 3.45. The van der Waals surface area contributed by atoms with Gasteiger partial charge in [0.25, 0.3) is 0 Å². The van der Waals surface area contributed by atoms with E-state index in [4.69, 9.17) is 5.10 Å². The van der Waals surface area contributed by atoms with Gasteiger partial charge in [0.1, 0.15) is 0 Å². The normalized spacial score (nSPS) is 13.1. The molecule has 0 saturated heterocycles. The predicted molar refractivity (Wildman–Crippen MR) is 98.4 cm³/mol. The largest absolute Gasteiger partial charge is 0.313 e. The molecule has 3 nitrogen and oxygen atoms in total. The zero-order chi connectivity index (χ0) is 15.8. The number of aryl methyl sites for hydroxylation is 2. The molecule has 1 atom stereocenters. The highest BCUT2D eigenvalue weighted by atomic mass is 79.9. The smallest absolute Gasteiger partial charge is 0.0766 e. The third-order valence-corrected chi connectivity index (χ3v) is 5.62. The molecule has 0 spiro atoms. The SMILES string of the molecule is CCCNC(CSC(C)C)Cc1c(Br)c(CC)nn1CC. The Morgan fingerprint density at radius 3 is 2.52 bits per heavy atom. The Hall–Kier alpha value is 0. The van der Waals surface area contributed by atoms with E-state index in [-0.39, 0.29) is 0 Å². The molecule has 0 bridgehead atoms. The molecule has 0 saturated carbocycles. The van der Waals surface area contributed by atoms with Crippen LogP contribution in [0.15, 0.2) is 4.47 Å². The van der Waals surface area contributed by atoms with Crippen molar-refractivity contribution < 1.29 is 0 Å². The number of aromatic nitrogens is 2. The summed E-state index contributed by atoms with van der Waals surface area (Å²) >= 11 is 5.80. The van der Waals surface area contributed by atoms with E-state index in [2.05, 4.69) is 60.5 Å². The molecular weight excluding hydrogens is 346 g/mol. The van der Waals surface area contributed by atoms with Crippen molar-refractivity contribution in [3.8, 4) is 0 Å². The topological polar surface area (TPSA) is 29.9 Å². The molecule has 1 N–H and O–H groups in total. The van der Waals surface area contributed by atoms with E-state index in [1.807, 2.05) is 11.8 Å². The van der Waals surface area contributed by atoms with Gasteiger partial charge in [0.05, 0.1) is 15.9 Å². The maximum atomic E-state index is 4.71. The minimum Gasteiger partial charge on any atom is -0.313 e. The van der Waals surface area contributed by atoms with Crippen molar-refractivity contribution in [2.75, 3.05) is 12.3 Å². The quantitative estimate of drug-likeness (QED) is 0.661. The number of hydrogen-bond acceptors (Lipinski definition) is 3. The van der Waals surface area contributed by atoms with Crippen molar-refractivity contribution in [3.63, 3.8) is 0 Å². The second-order valence-corrected chi connectivity index (χ2v) is 8.02. The van der Waals surface area contributed by atoms with Gasteiger partial charge in [-0.15, -0.1) is 0 Å². The standard InChI is InChI=1S/C16H30BrN3S/c1-6-9-18-13(11-21-12(4)5)10-15-16(17)14(7-2)19-20(15)8-3/h12-13,18H,6-11H2,1-5H3. The molecule has 1 rings (SSSR count). The summed E-state index contributed by atoms with van der Waals surface area (Å²) < 4.78 is 3.37. The fraction of sp³-hybridized carbons (Fsp3) is 0.812. The van der Waals surface area contributed by atoms with Gasteiger partial charge in [0.2, 0.25) is 0 Å². The second-order valence-electron chi connectivity index (χ2n) is 5.61. The monoisotopic (exact) mass is 375 g/mol. The summed E-state index contributed by atoms with van der Waals surface area (Å²) in [5.74, 6) is 1.15. The summed E-state index contributed by atoms with van der Waals surface area (Å²) in [6.45, 7) is 13.1. The van der Waals surface area contributed by atoms with Gasteiger partial charge in [-0.3, -0.25) is 4.68 Å². The molecule has 0 aliphatic rings. The van der Waals surface area contributed by atoms with Crippen LogP contribution in [-0.2, 0) is 19.4 Å². The molecule has 1 aromatic heterocycles. The van der Waals surface area contributed by atoms with E-state index >= 15 is 0 Å². The molecule has 0 fully saturated rings. The van der Waals surface area contributed by atoms with Crippen molar-refractivity contribution in [2.45, 2.75) is 71.7 Å². The highest BCUT2D eigenvalue weighted by Gasteiger charge is 2.18. The van der Waals surface area contributed by atoms with Gasteiger partial charge in [0, 0.05) is 24.8 Å². The summed E-state index contributed by atoms with van der Waals surface area (Å²) in [6.07, 6.45) is 3.20. The average Bonchev–Trinajstić information content (AvgIpc) is 2.77. The van der Waals surface area contributed by atoms with Gasteiger partial charge >= 0.3 is 0 Å². The Balaban J connectivity index is 2.83. The summed E-state index contributed by atoms with van der Waals surface area (Å²) in [7, 11) is 0. The fourth-order valence-corrected chi connectivity index (χ4v) is 3.87. The minimum atomic E-state index is 0.514. The predicted octanol–water partition coefficient (Wildman–Crippen LogP) is 4.28. The van der Waals surface area contributed by atoms with Gasteiger partial charge in [-0.1, -0.05) is 27.7 Å². The van der Waals surface area contributed by atoms with E-state index in [1.165, 1.54) is 22.3 Å². The molecule has 0 aromatic carbocycles. The van der Waals surface area contributed by atoms with Gasteiger partial charge < -0.3 is 5.32 Å². The third kappa shape index (κ3) is 5.95. The van der Waals surface area contributed by atoms with Crippen LogP contribution in [0.3, 0.4) is 0 Å². The molecule has 1 aromatic rings. The summed E-state index contributed by atoms with van der Waals surface area (Å²) in [5.41, 5.74) is 2.52. The van der Waals surface area contributed by atoms with E-state index < -0.39 is 0 Å². The van der Waals surface area contributed by atoms with E-state index in [9.17, 15) is 0 Å². The first-order chi connectivity index (χ1) is 10.0. The first-order valence-electron chi connectivity index (χ1n) is 8.12. The van der Waals surface area contributed by atoms with E-state index in [0.717, 1.165) is 31.7 Å². The van der Waals surface area contributed by atoms with Crippen LogP contribution in [0.2, 0.25) is 0 Å². The maximum absolute atomic E-state index is 4.71. The van der Waals surface area contributed by atoms with Crippen LogP contribution >= 0.6 is 27.7 Å². The maximum Gasteiger partial charge on any atom is 0.0766 e. The lowest BCUT2D eigenvalue weighted by atomic mass is 10.1. The van der Waals surface area contributed by atoms with Gasteiger partial charge in [-0.25, -0.2) is 0 Å². The number of hydrogen-bond donors (Lipinski definition) is 1. The van der Waals surface area contributed by atoms with Crippen molar-refractivity contribution in [1.29, 1.82) is 0 Å². The zero-order valence-corrected chi connectivity index (χ0v) is 16.5. The average molecular weight is 376 g/mol. The van der Waals surface area contributed by atoms with Gasteiger partial charge in [-0.2, -0.15) is 16.9 Å². The van der Waals surface area contributed by atoms with Crippen LogP contribution in [0.4, 0.5) is 0 Å². The molecule has 0 radical (unpaired) electrons.